The van der Waals surface area contributed by atoms with Crippen LogP contribution in [-0.2, 0) is 19.6 Å². The van der Waals surface area contributed by atoms with E-state index in [1.165, 1.54) is 6.92 Å². The molecule has 1 atom stereocenters. The zero-order valence-electron chi connectivity index (χ0n) is 9.48. The second-order valence-corrected chi connectivity index (χ2v) is 5.79. The number of nitrogens with zero attached hydrogens (tertiary/aromatic N) is 1. The average Bonchev–Trinajstić information content (AvgIpc) is 2.30. The van der Waals surface area contributed by atoms with Crippen LogP contribution in [-0.4, -0.2) is 32.5 Å². The number of carbonyl (C=O) groups excluding carboxylic acids is 1. The van der Waals surface area contributed by atoms with Crippen LogP contribution >= 0.6 is 23.2 Å². The van der Waals surface area contributed by atoms with Gasteiger partial charge in [0.1, 0.15) is 16.1 Å². The lowest BCUT2D eigenvalue weighted by atomic mass is 10.4. The summed E-state index contributed by atoms with van der Waals surface area (Å²) in [5.41, 5.74) is 0. The minimum absolute atomic E-state index is 0.00312. The number of esters is 1. The fraction of sp³-hybridized carbons (Fsp3) is 0.333. The molecule has 1 heterocycles. The summed E-state index contributed by atoms with van der Waals surface area (Å²) in [6.07, 6.45) is 1.04. The van der Waals surface area contributed by atoms with Gasteiger partial charge in [0.15, 0.2) is 0 Å². The third-order valence-electron chi connectivity index (χ3n) is 1.97. The molecular formula is C9H10Cl2N2O4S. The molecule has 9 heteroatoms. The Kier molecular flexibility index (Phi) is 4.92. The standard InChI is InChI=1S/C9H10Cl2N2O4S/c1-5(9(14)17-2)13-18(15,16)6-3-7(10)8(11)12-4-6/h3-5,13H,1-2H3. The fourth-order valence-electron chi connectivity index (χ4n) is 1.08. The van der Waals surface area contributed by atoms with Crippen molar-refractivity contribution in [3.05, 3.63) is 22.4 Å². The molecule has 0 spiro atoms. The molecule has 100 valence electrons. The zero-order valence-corrected chi connectivity index (χ0v) is 11.8. The Bertz CT molecular complexity index is 562. The van der Waals surface area contributed by atoms with Gasteiger partial charge in [0.2, 0.25) is 10.0 Å². The Morgan fingerprint density at radius 2 is 2.11 bits per heavy atom. The lowest BCUT2D eigenvalue weighted by Crippen LogP contribution is -2.39. The van der Waals surface area contributed by atoms with E-state index in [4.69, 9.17) is 23.2 Å². The van der Waals surface area contributed by atoms with Gasteiger partial charge >= 0.3 is 5.97 Å². The van der Waals surface area contributed by atoms with Crippen LogP contribution in [0.2, 0.25) is 10.2 Å². The number of halogens is 2. The van der Waals surface area contributed by atoms with Crippen molar-refractivity contribution < 1.29 is 17.9 Å². The molecule has 18 heavy (non-hydrogen) atoms. The van der Waals surface area contributed by atoms with Gasteiger partial charge in [0, 0.05) is 6.20 Å². The van der Waals surface area contributed by atoms with E-state index in [0.29, 0.717) is 0 Å². The molecular weight excluding hydrogens is 303 g/mol. The number of carbonyl (C=O) groups is 1. The van der Waals surface area contributed by atoms with Crippen LogP contribution in [0.15, 0.2) is 17.2 Å². The second kappa shape index (κ2) is 5.83. The van der Waals surface area contributed by atoms with E-state index in [9.17, 15) is 13.2 Å². The molecule has 0 amide bonds. The van der Waals surface area contributed by atoms with E-state index in [1.807, 2.05) is 0 Å². The van der Waals surface area contributed by atoms with E-state index < -0.39 is 22.0 Å². The topological polar surface area (TPSA) is 85.4 Å². The van der Waals surface area contributed by atoms with Crippen LogP contribution in [0.4, 0.5) is 0 Å². The summed E-state index contributed by atoms with van der Waals surface area (Å²) in [4.78, 5) is 14.6. The average molecular weight is 313 g/mol. The molecule has 1 rings (SSSR count). The molecule has 0 aliphatic rings. The smallest absolute Gasteiger partial charge is 0.323 e. The third-order valence-corrected chi connectivity index (χ3v) is 4.16. The first kappa shape index (κ1) is 15.2. The van der Waals surface area contributed by atoms with Crippen LogP contribution in [0.3, 0.4) is 0 Å². The molecule has 0 saturated heterocycles. The largest absolute Gasteiger partial charge is 0.468 e. The van der Waals surface area contributed by atoms with Crippen molar-refractivity contribution in [1.29, 1.82) is 0 Å². The van der Waals surface area contributed by atoms with Crippen molar-refractivity contribution in [2.75, 3.05) is 7.11 Å². The monoisotopic (exact) mass is 312 g/mol. The van der Waals surface area contributed by atoms with Crippen LogP contribution in [0, 0.1) is 0 Å². The Labute approximate surface area is 114 Å². The number of aromatic nitrogens is 1. The van der Waals surface area contributed by atoms with Crippen LogP contribution in [0.1, 0.15) is 6.92 Å². The summed E-state index contributed by atoms with van der Waals surface area (Å²) < 4.78 is 30.3. The first-order valence-corrected chi connectivity index (χ1v) is 6.93. The highest BCUT2D eigenvalue weighted by atomic mass is 35.5. The Morgan fingerprint density at radius 1 is 1.50 bits per heavy atom. The molecule has 0 radical (unpaired) electrons. The van der Waals surface area contributed by atoms with E-state index in [0.717, 1.165) is 19.4 Å². The summed E-state index contributed by atoms with van der Waals surface area (Å²) in [5, 5.41) is 0.00176. The van der Waals surface area contributed by atoms with Crippen LogP contribution in [0.25, 0.3) is 0 Å². The van der Waals surface area contributed by atoms with E-state index >= 15 is 0 Å². The number of ether oxygens (including phenoxy) is 1. The van der Waals surface area contributed by atoms with Crippen LogP contribution < -0.4 is 4.72 Å². The maximum absolute atomic E-state index is 11.9. The van der Waals surface area contributed by atoms with E-state index in [1.54, 1.807) is 0 Å². The number of sulfonamides is 1. The van der Waals surface area contributed by atoms with Crippen LogP contribution in [0.5, 0.6) is 0 Å². The summed E-state index contributed by atoms with van der Waals surface area (Å²) >= 11 is 11.2. The molecule has 1 unspecified atom stereocenters. The predicted molar refractivity (Wildman–Crippen MR) is 66.1 cm³/mol. The molecule has 6 nitrogen and oxygen atoms in total. The highest BCUT2D eigenvalue weighted by Crippen LogP contribution is 2.22. The maximum atomic E-state index is 11.9. The molecule has 1 N–H and O–H groups in total. The minimum Gasteiger partial charge on any atom is -0.468 e. The quantitative estimate of drug-likeness (QED) is 0.667. The van der Waals surface area contributed by atoms with Crippen molar-refractivity contribution >= 4 is 39.2 Å². The summed E-state index contributed by atoms with van der Waals surface area (Å²) in [6.45, 7) is 1.36. The van der Waals surface area contributed by atoms with Crippen molar-refractivity contribution in [3.8, 4) is 0 Å². The van der Waals surface area contributed by atoms with Crippen molar-refractivity contribution in [3.63, 3.8) is 0 Å². The van der Waals surface area contributed by atoms with Crippen molar-refractivity contribution in [2.45, 2.75) is 17.9 Å². The van der Waals surface area contributed by atoms with Gasteiger partial charge in [0.25, 0.3) is 0 Å². The number of pyridine rings is 1. The lowest BCUT2D eigenvalue weighted by molar-refractivity contribution is -0.142. The summed E-state index contributed by atoms with van der Waals surface area (Å²) in [7, 11) is -2.75. The summed E-state index contributed by atoms with van der Waals surface area (Å²) in [6, 6.07) is 0.123. The molecule has 0 saturated carbocycles. The number of hydrogen-bond donors (Lipinski definition) is 1. The van der Waals surface area contributed by atoms with Crippen molar-refractivity contribution in [1.82, 2.24) is 9.71 Å². The van der Waals surface area contributed by atoms with Gasteiger partial charge in [-0.1, -0.05) is 23.2 Å². The summed E-state index contributed by atoms with van der Waals surface area (Å²) in [5.74, 6) is -0.702. The van der Waals surface area contributed by atoms with Gasteiger partial charge in [0.05, 0.1) is 12.1 Å². The van der Waals surface area contributed by atoms with Gasteiger partial charge in [-0.05, 0) is 13.0 Å². The Balaban J connectivity index is 3.00. The molecule has 1 aromatic heterocycles. The Hall–Kier alpha value is -0.890. The first-order valence-electron chi connectivity index (χ1n) is 4.69. The third kappa shape index (κ3) is 3.55. The number of hydrogen-bond acceptors (Lipinski definition) is 5. The highest BCUT2D eigenvalue weighted by Gasteiger charge is 2.23. The number of methoxy groups -OCH3 is 1. The van der Waals surface area contributed by atoms with Gasteiger partial charge in [-0.25, -0.2) is 13.4 Å². The van der Waals surface area contributed by atoms with Gasteiger partial charge in [-0.3, -0.25) is 4.79 Å². The van der Waals surface area contributed by atoms with E-state index in [-0.39, 0.29) is 15.1 Å². The molecule has 0 aromatic carbocycles. The molecule has 0 aliphatic carbocycles. The molecule has 1 aromatic rings. The lowest BCUT2D eigenvalue weighted by Gasteiger charge is -2.12. The zero-order chi connectivity index (χ0) is 13.9. The highest BCUT2D eigenvalue weighted by molar-refractivity contribution is 7.89. The molecule has 0 fully saturated rings. The Morgan fingerprint density at radius 3 is 2.61 bits per heavy atom. The second-order valence-electron chi connectivity index (χ2n) is 3.31. The van der Waals surface area contributed by atoms with E-state index in [2.05, 4.69) is 14.4 Å². The fourth-order valence-corrected chi connectivity index (χ4v) is 2.57. The van der Waals surface area contributed by atoms with Gasteiger partial charge in [-0.15, -0.1) is 0 Å². The normalized spacial score (nSPS) is 13.1. The number of nitrogens with one attached hydrogen (secondary N) is 1. The molecule has 0 bridgehead atoms. The van der Waals surface area contributed by atoms with Gasteiger partial charge < -0.3 is 4.74 Å². The predicted octanol–water partition coefficient (Wildman–Crippen LogP) is 1.23. The minimum atomic E-state index is -3.91. The number of rotatable bonds is 4. The SMILES string of the molecule is COC(=O)C(C)NS(=O)(=O)c1cnc(Cl)c(Cl)c1. The maximum Gasteiger partial charge on any atom is 0.323 e. The van der Waals surface area contributed by atoms with Gasteiger partial charge in [-0.2, -0.15) is 4.72 Å². The molecule has 0 aliphatic heterocycles. The van der Waals surface area contributed by atoms with Crippen molar-refractivity contribution in [2.24, 2.45) is 0 Å². The first-order chi connectivity index (χ1) is 8.27.